The van der Waals surface area contributed by atoms with Crippen molar-refractivity contribution in [3.8, 4) is 11.5 Å². The number of anilines is 1. The van der Waals surface area contributed by atoms with Crippen molar-refractivity contribution in [1.29, 1.82) is 0 Å². The fraction of sp³-hybridized carbons (Fsp3) is 0.385. The van der Waals surface area contributed by atoms with Crippen LogP contribution in [0.25, 0.3) is 0 Å². The van der Waals surface area contributed by atoms with Gasteiger partial charge in [0.05, 0.1) is 50.1 Å². The van der Waals surface area contributed by atoms with E-state index in [1.165, 1.54) is 12.0 Å². The van der Waals surface area contributed by atoms with Crippen LogP contribution in [0.4, 0.5) is 5.69 Å². The normalized spacial score (nSPS) is 30.0. The highest BCUT2D eigenvalue weighted by Gasteiger charge is 2.70. The van der Waals surface area contributed by atoms with Gasteiger partial charge in [0.25, 0.3) is 0 Å². The molecule has 3 fully saturated rings. The van der Waals surface area contributed by atoms with Crippen molar-refractivity contribution in [3.63, 3.8) is 0 Å². The Hall–Kier alpha value is -3.88. The number of hydrogen-bond acceptors (Lipinski definition) is 8. The molecular formula is C26H24N2O7. The van der Waals surface area contributed by atoms with Crippen LogP contribution in [0, 0.1) is 29.6 Å². The number of carbonyl (C=O) groups excluding carboxylic acids is 3. The third-order valence-electron chi connectivity index (χ3n) is 7.93. The molecule has 0 unspecified atom stereocenters. The van der Waals surface area contributed by atoms with Crippen LogP contribution in [0.1, 0.15) is 22.3 Å². The van der Waals surface area contributed by atoms with Crippen LogP contribution in [-0.4, -0.2) is 50.9 Å². The van der Waals surface area contributed by atoms with E-state index in [0.29, 0.717) is 17.9 Å². The molecule has 4 aliphatic rings. The predicted octanol–water partition coefficient (Wildman–Crippen LogP) is 2.67. The number of benzene rings is 2. The summed E-state index contributed by atoms with van der Waals surface area (Å²) in [4.78, 5) is 46.7. The van der Waals surface area contributed by atoms with Crippen LogP contribution in [0.3, 0.4) is 0 Å². The van der Waals surface area contributed by atoms with Gasteiger partial charge in [-0.3, -0.25) is 9.59 Å². The van der Waals surface area contributed by atoms with Gasteiger partial charge in [-0.2, -0.15) is 0 Å². The molecule has 2 aliphatic heterocycles. The lowest BCUT2D eigenvalue weighted by Gasteiger charge is -2.30. The third-order valence-corrected chi connectivity index (χ3v) is 7.93. The fourth-order valence-electron chi connectivity index (χ4n) is 6.55. The largest absolute Gasteiger partial charge is 0.497 e. The minimum absolute atomic E-state index is 0.102. The van der Waals surface area contributed by atoms with Crippen LogP contribution >= 0.6 is 0 Å². The van der Waals surface area contributed by atoms with Crippen molar-refractivity contribution >= 4 is 29.2 Å². The van der Waals surface area contributed by atoms with Gasteiger partial charge in [0, 0.05) is 23.5 Å². The average molecular weight is 476 g/mol. The van der Waals surface area contributed by atoms with Crippen molar-refractivity contribution in [3.05, 3.63) is 53.6 Å². The van der Waals surface area contributed by atoms with E-state index < -0.39 is 17.8 Å². The molecule has 0 spiro atoms. The minimum Gasteiger partial charge on any atom is -0.497 e. The maximum absolute atomic E-state index is 13.7. The van der Waals surface area contributed by atoms with Crippen molar-refractivity contribution in [2.75, 3.05) is 26.2 Å². The zero-order valence-corrected chi connectivity index (χ0v) is 19.5. The lowest BCUT2D eigenvalue weighted by molar-refractivity contribution is -0.125. The highest BCUT2D eigenvalue weighted by Crippen LogP contribution is 2.62. The summed E-state index contributed by atoms with van der Waals surface area (Å²) in [5, 5.41) is 4.40. The Morgan fingerprint density at radius 1 is 0.971 bits per heavy atom. The lowest BCUT2D eigenvalue weighted by atomic mass is 9.71. The topological polar surface area (TPSA) is 104 Å². The van der Waals surface area contributed by atoms with Crippen LogP contribution in [0.2, 0.25) is 0 Å². The molecular weight excluding hydrogens is 452 g/mol. The van der Waals surface area contributed by atoms with E-state index in [2.05, 4.69) is 5.16 Å². The fourth-order valence-corrected chi connectivity index (χ4v) is 6.55. The molecule has 9 nitrogen and oxygen atoms in total. The summed E-state index contributed by atoms with van der Waals surface area (Å²) in [6.07, 6.45) is 0.433. The van der Waals surface area contributed by atoms with E-state index in [1.807, 2.05) is 12.1 Å². The first-order valence-electron chi connectivity index (χ1n) is 11.5. The molecule has 0 N–H and O–H groups in total. The van der Waals surface area contributed by atoms with Gasteiger partial charge in [0.15, 0.2) is 0 Å². The van der Waals surface area contributed by atoms with Crippen LogP contribution in [-0.2, 0) is 19.2 Å². The third kappa shape index (κ3) is 2.87. The smallest absolute Gasteiger partial charge is 0.339 e. The molecule has 2 aromatic carbocycles. The van der Waals surface area contributed by atoms with Gasteiger partial charge in [-0.15, -0.1) is 0 Å². The van der Waals surface area contributed by atoms with Gasteiger partial charge in [-0.25, -0.2) is 9.69 Å². The number of para-hydroxylation sites is 1. The van der Waals surface area contributed by atoms with Gasteiger partial charge in [0.1, 0.15) is 17.6 Å². The molecule has 9 heteroatoms. The van der Waals surface area contributed by atoms with E-state index in [4.69, 9.17) is 19.0 Å². The molecule has 180 valence electrons. The van der Waals surface area contributed by atoms with E-state index >= 15 is 0 Å². The maximum atomic E-state index is 13.7. The molecule has 2 saturated carbocycles. The number of ether oxygens (including phenoxy) is 3. The molecule has 6 rings (SSSR count). The zero-order chi connectivity index (χ0) is 24.4. The molecule has 2 bridgehead atoms. The summed E-state index contributed by atoms with van der Waals surface area (Å²) < 4.78 is 15.8. The Morgan fingerprint density at radius 2 is 1.71 bits per heavy atom. The summed E-state index contributed by atoms with van der Waals surface area (Å²) in [6.45, 7) is 0. The number of nitrogens with zero attached hydrogens (tertiary/aromatic N) is 2. The van der Waals surface area contributed by atoms with E-state index in [1.54, 1.807) is 44.6 Å². The van der Waals surface area contributed by atoms with Gasteiger partial charge >= 0.3 is 5.97 Å². The van der Waals surface area contributed by atoms with Crippen molar-refractivity contribution < 1.29 is 33.4 Å². The first-order chi connectivity index (χ1) is 17.0. The molecule has 1 saturated heterocycles. The number of oxime groups is 1. The quantitative estimate of drug-likeness (QED) is 0.483. The molecule has 2 aromatic rings. The monoisotopic (exact) mass is 476 g/mol. The number of rotatable bonds is 5. The van der Waals surface area contributed by atoms with E-state index in [0.717, 1.165) is 11.3 Å². The van der Waals surface area contributed by atoms with Crippen LogP contribution < -0.4 is 14.4 Å². The molecule has 35 heavy (non-hydrogen) atoms. The standard InChI is InChI=1S/C26H24N2O7/c1-32-12-8-9-14(18(10-12)33-2)22-21-15-11-16(23(21)35-27-22)20-19(15)24(29)28(25(20)30)17-7-5-4-6-13(17)26(31)34-3/h4-10,15-16,19-21,23H,11H2,1-3H3/t15-,16-,19-,20-,21-,23+/m1/s1. The second kappa shape index (κ2) is 7.83. The molecule has 2 amide bonds. The molecule has 0 aromatic heterocycles. The number of hydrogen-bond donors (Lipinski definition) is 0. The number of fused-ring (bicyclic) bond motifs is 8. The Morgan fingerprint density at radius 3 is 2.43 bits per heavy atom. The highest BCUT2D eigenvalue weighted by atomic mass is 16.6. The van der Waals surface area contributed by atoms with E-state index in [-0.39, 0.29) is 46.9 Å². The molecule has 0 radical (unpaired) electrons. The van der Waals surface area contributed by atoms with Crippen molar-refractivity contribution in [2.24, 2.45) is 34.7 Å². The first-order valence-corrected chi connectivity index (χ1v) is 11.5. The van der Waals surface area contributed by atoms with Gasteiger partial charge in [-0.05, 0) is 36.6 Å². The Bertz CT molecular complexity index is 1290. The predicted molar refractivity (Wildman–Crippen MR) is 123 cm³/mol. The number of amides is 2. The summed E-state index contributed by atoms with van der Waals surface area (Å²) in [5.74, 6) is -1.25. The first kappa shape index (κ1) is 21.6. The van der Waals surface area contributed by atoms with Gasteiger partial charge in [-0.1, -0.05) is 17.3 Å². The molecule has 6 atom stereocenters. The number of carbonyl (C=O) groups is 3. The highest BCUT2D eigenvalue weighted by molar-refractivity contribution is 6.24. The molecule has 2 heterocycles. The number of esters is 1. The SMILES string of the molecule is COC(=O)c1ccccc1N1C(=O)[C@@H]2[C@H]3C[C@@H]([C@@H]4ON=C(c5ccc(OC)cc5OC)[C@@H]34)[C@H]2C1=O. The second-order valence-corrected chi connectivity index (χ2v) is 9.27. The van der Waals surface area contributed by atoms with Crippen LogP contribution in [0.5, 0.6) is 11.5 Å². The van der Waals surface area contributed by atoms with E-state index in [9.17, 15) is 14.4 Å². The van der Waals surface area contributed by atoms with Crippen molar-refractivity contribution in [2.45, 2.75) is 12.5 Å². The minimum atomic E-state index is -0.595. The number of methoxy groups -OCH3 is 3. The Kier molecular flexibility index (Phi) is 4.84. The lowest BCUT2D eigenvalue weighted by Crippen LogP contribution is -2.41. The van der Waals surface area contributed by atoms with Gasteiger partial charge < -0.3 is 19.0 Å². The Balaban J connectivity index is 1.36. The van der Waals surface area contributed by atoms with Crippen LogP contribution in [0.15, 0.2) is 47.6 Å². The number of imide groups is 1. The summed E-state index contributed by atoms with van der Waals surface area (Å²) >= 11 is 0. The van der Waals surface area contributed by atoms with Crippen molar-refractivity contribution in [1.82, 2.24) is 0 Å². The van der Waals surface area contributed by atoms with Gasteiger partial charge in [0.2, 0.25) is 11.8 Å². The zero-order valence-electron chi connectivity index (χ0n) is 19.5. The summed E-state index contributed by atoms with van der Waals surface area (Å²) in [6, 6.07) is 12.0. The maximum Gasteiger partial charge on any atom is 0.339 e. The second-order valence-electron chi connectivity index (χ2n) is 9.27. The molecule has 2 aliphatic carbocycles. The average Bonchev–Trinajstić information content (AvgIpc) is 3.63. The summed E-state index contributed by atoms with van der Waals surface area (Å²) in [5.41, 5.74) is 1.97. The Labute approximate surface area is 201 Å². The summed E-state index contributed by atoms with van der Waals surface area (Å²) in [7, 11) is 4.44.